The van der Waals surface area contributed by atoms with Crippen molar-refractivity contribution >= 4 is 16.0 Å². The molecular formula is C13H19NO4S. The number of carboxylic acids is 1. The van der Waals surface area contributed by atoms with E-state index in [4.69, 9.17) is 5.11 Å². The van der Waals surface area contributed by atoms with Crippen LogP contribution in [0.25, 0.3) is 0 Å². The Morgan fingerprint density at radius 1 is 1.32 bits per heavy atom. The maximum Gasteiger partial charge on any atom is 0.321 e. The highest BCUT2D eigenvalue weighted by Gasteiger charge is 2.24. The summed E-state index contributed by atoms with van der Waals surface area (Å²) in [6, 6.07) is 8.20. The second-order valence-corrected chi connectivity index (χ2v) is 6.31. The van der Waals surface area contributed by atoms with Gasteiger partial charge >= 0.3 is 5.97 Å². The van der Waals surface area contributed by atoms with Gasteiger partial charge in [0.25, 0.3) is 0 Å². The highest BCUT2D eigenvalue weighted by Crippen LogP contribution is 2.16. The Kier molecular flexibility index (Phi) is 5.50. The topological polar surface area (TPSA) is 83.5 Å². The molecule has 0 radical (unpaired) electrons. The van der Waals surface area contributed by atoms with E-state index in [9.17, 15) is 13.2 Å². The summed E-state index contributed by atoms with van der Waals surface area (Å²) in [5.74, 6) is -1.47. The molecule has 5 nitrogen and oxygen atoms in total. The number of benzene rings is 1. The molecule has 0 fully saturated rings. The zero-order valence-electron chi connectivity index (χ0n) is 11.0. The van der Waals surface area contributed by atoms with E-state index in [1.807, 2.05) is 30.3 Å². The van der Waals surface area contributed by atoms with Crippen LogP contribution in [0.2, 0.25) is 0 Å². The fraction of sp³-hybridized carbons (Fsp3) is 0.462. The van der Waals surface area contributed by atoms with Crippen molar-refractivity contribution in [3.05, 3.63) is 35.9 Å². The Morgan fingerprint density at radius 2 is 1.89 bits per heavy atom. The minimum atomic E-state index is -3.62. The smallest absolute Gasteiger partial charge is 0.321 e. The zero-order valence-corrected chi connectivity index (χ0v) is 11.9. The molecule has 2 atom stereocenters. The highest BCUT2D eigenvalue weighted by molar-refractivity contribution is 7.89. The molecule has 19 heavy (non-hydrogen) atoms. The molecule has 0 saturated heterocycles. The van der Waals surface area contributed by atoms with Crippen molar-refractivity contribution in [3.8, 4) is 0 Å². The van der Waals surface area contributed by atoms with E-state index in [1.165, 1.54) is 0 Å². The van der Waals surface area contributed by atoms with Crippen LogP contribution >= 0.6 is 0 Å². The summed E-state index contributed by atoms with van der Waals surface area (Å²) >= 11 is 0. The number of hydrogen-bond donors (Lipinski definition) is 2. The van der Waals surface area contributed by atoms with Crippen LogP contribution in [0, 0.1) is 0 Å². The second-order valence-electron chi connectivity index (χ2n) is 4.51. The predicted molar refractivity (Wildman–Crippen MR) is 73.5 cm³/mol. The summed E-state index contributed by atoms with van der Waals surface area (Å²) in [6.07, 6.45) is 0.217. The van der Waals surface area contributed by atoms with Crippen LogP contribution in [0.5, 0.6) is 0 Å². The van der Waals surface area contributed by atoms with E-state index >= 15 is 0 Å². The summed E-state index contributed by atoms with van der Waals surface area (Å²) in [4.78, 5) is 10.8. The quantitative estimate of drug-likeness (QED) is 0.796. The van der Waals surface area contributed by atoms with Gasteiger partial charge in [0.2, 0.25) is 10.0 Å². The number of hydrogen-bond acceptors (Lipinski definition) is 3. The molecule has 1 aromatic carbocycles. The molecule has 0 spiro atoms. The summed E-state index contributed by atoms with van der Waals surface area (Å²) in [6.45, 7) is 3.43. The fourth-order valence-electron chi connectivity index (χ4n) is 1.78. The number of rotatable bonds is 7. The van der Waals surface area contributed by atoms with Gasteiger partial charge in [-0.25, -0.2) is 13.1 Å². The molecule has 6 heteroatoms. The molecule has 0 saturated carbocycles. The maximum atomic E-state index is 11.9. The lowest BCUT2D eigenvalue weighted by Gasteiger charge is -2.16. The largest absolute Gasteiger partial charge is 0.480 e. The highest BCUT2D eigenvalue weighted by atomic mass is 32.2. The van der Waals surface area contributed by atoms with E-state index < -0.39 is 22.0 Å². The normalized spacial score (nSPS) is 14.8. The van der Waals surface area contributed by atoms with Gasteiger partial charge in [0, 0.05) is 0 Å². The molecule has 0 aliphatic carbocycles. The number of aliphatic carboxylic acids is 1. The fourth-order valence-corrected chi connectivity index (χ4v) is 3.43. The van der Waals surface area contributed by atoms with Gasteiger partial charge in [-0.2, -0.15) is 0 Å². The first-order chi connectivity index (χ1) is 8.85. The number of nitrogens with one attached hydrogen (secondary N) is 1. The Labute approximate surface area is 113 Å². The standard InChI is InChI=1S/C13H19NO4S/c1-3-12(13(15)16)14-19(17,18)9-10(2)11-7-5-4-6-8-11/h4-8,10,12,14H,3,9H2,1-2H3,(H,15,16). The van der Waals surface area contributed by atoms with Crippen LogP contribution in [-0.2, 0) is 14.8 Å². The average Bonchev–Trinajstić information content (AvgIpc) is 2.36. The van der Waals surface area contributed by atoms with Crippen LogP contribution in [0.4, 0.5) is 0 Å². The Morgan fingerprint density at radius 3 is 2.37 bits per heavy atom. The second kappa shape index (κ2) is 6.68. The van der Waals surface area contributed by atoms with Crippen molar-refractivity contribution in [1.82, 2.24) is 4.72 Å². The van der Waals surface area contributed by atoms with Gasteiger partial charge in [-0.05, 0) is 17.9 Å². The third kappa shape index (κ3) is 5.00. The summed E-state index contributed by atoms with van der Waals surface area (Å²) < 4.78 is 26.0. The van der Waals surface area contributed by atoms with Gasteiger partial charge in [0.1, 0.15) is 6.04 Å². The molecule has 0 heterocycles. The van der Waals surface area contributed by atoms with Gasteiger partial charge in [-0.15, -0.1) is 0 Å². The van der Waals surface area contributed by atoms with Crippen molar-refractivity contribution in [2.45, 2.75) is 32.2 Å². The van der Waals surface area contributed by atoms with Crippen molar-refractivity contribution in [2.75, 3.05) is 5.75 Å². The molecule has 1 aromatic rings. The van der Waals surface area contributed by atoms with E-state index in [2.05, 4.69) is 4.72 Å². The first-order valence-corrected chi connectivity index (χ1v) is 7.78. The molecule has 0 aliphatic heterocycles. The first-order valence-electron chi connectivity index (χ1n) is 6.13. The average molecular weight is 285 g/mol. The van der Waals surface area contributed by atoms with Gasteiger partial charge in [-0.3, -0.25) is 4.79 Å². The molecule has 2 N–H and O–H groups in total. The number of sulfonamides is 1. The molecule has 106 valence electrons. The van der Waals surface area contributed by atoms with E-state index in [0.717, 1.165) is 5.56 Å². The van der Waals surface area contributed by atoms with Crippen molar-refractivity contribution in [1.29, 1.82) is 0 Å². The predicted octanol–water partition coefficient (Wildman–Crippen LogP) is 1.57. The van der Waals surface area contributed by atoms with Crippen molar-refractivity contribution in [3.63, 3.8) is 0 Å². The van der Waals surface area contributed by atoms with E-state index in [-0.39, 0.29) is 18.1 Å². The minimum Gasteiger partial charge on any atom is -0.480 e. The zero-order chi connectivity index (χ0) is 14.5. The van der Waals surface area contributed by atoms with Crippen LogP contribution in [0.15, 0.2) is 30.3 Å². The molecule has 2 unspecified atom stereocenters. The third-order valence-corrected chi connectivity index (χ3v) is 4.45. The lowest BCUT2D eigenvalue weighted by atomic mass is 10.0. The van der Waals surface area contributed by atoms with Gasteiger partial charge in [-0.1, -0.05) is 44.2 Å². The summed E-state index contributed by atoms with van der Waals surface area (Å²) in [5, 5.41) is 8.86. The van der Waals surface area contributed by atoms with E-state index in [0.29, 0.717) is 0 Å². The van der Waals surface area contributed by atoms with Gasteiger partial charge in [0.15, 0.2) is 0 Å². The Bertz CT molecular complexity index is 513. The van der Waals surface area contributed by atoms with Crippen molar-refractivity contribution in [2.24, 2.45) is 0 Å². The van der Waals surface area contributed by atoms with Gasteiger partial charge in [0.05, 0.1) is 5.75 Å². The maximum absolute atomic E-state index is 11.9. The Balaban J connectivity index is 2.72. The van der Waals surface area contributed by atoms with E-state index in [1.54, 1.807) is 13.8 Å². The molecule has 0 amide bonds. The SMILES string of the molecule is CCC(NS(=O)(=O)CC(C)c1ccccc1)C(=O)O. The molecular weight excluding hydrogens is 266 g/mol. The van der Waals surface area contributed by atoms with Crippen LogP contribution < -0.4 is 4.72 Å². The monoisotopic (exact) mass is 285 g/mol. The number of carbonyl (C=O) groups is 1. The molecule has 0 aromatic heterocycles. The van der Waals surface area contributed by atoms with Crippen LogP contribution in [-0.4, -0.2) is 31.3 Å². The lowest BCUT2D eigenvalue weighted by molar-refractivity contribution is -0.139. The first kappa shape index (κ1) is 15.7. The van der Waals surface area contributed by atoms with Crippen LogP contribution in [0.3, 0.4) is 0 Å². The molecule has 0 bridgehead atoms. The lowest BCUT2D eigenvalue weighted by Crippen LogP contribution is -2.42. The van der Waals surface area contributed by atoms with Crippen molar-refractivity contribution < 1.29 is 18.3 Å². The molecule has 1 rings (SSSR count). The minimum absolute atomic E-state index is 0.124. The molecule has 0 aliphatic rings. The number of carboxylic acid groups (broad SMARTS) is 1. The van der Waals surface area contributed by atoms with Gasteiger partial charge < -0.3 is 5.11 Å². The summed E-state index contributed by atoms with van der Waals surface area (Å²) in [7, 11) is -3.62. The van der Waals surface area contributed by atoms with Crippen LogP contribution in [0.1, 0.15) is 31.7 Å². The third-order valence-electron chi connectivity index (χ3n) is 2.87. The Hall–Kier alpha value is -1.40. The summed E-state index contributed by atoms with van der Waals surface area (Å²) in [5.41, 5.74) is 0.913.